The number of hydrogen-bond donors (Lipinski definition) is 0. The number of para-hydroxylation sites is 2. The lowest BCUT2D eigenvalue weighted by Gasteiger charge is -2.06. The number of halogens is 1. The molecular weight excluding hydrogens is 272 g/mol. The number of aryl methyl sites for hydroxylation is 1. The Hall–Kier alpha value is -2.13. The van der Waals surface area contributed by atoms with E-state index in [1.807, 2.05) is 37.4 Å². The van der Waals surface area contributed by atoms with Crippen molar-refractivity contribution < 1.29 is 4.79 Å². The number of carbonyl (C=O) groups is 1. The van der Waals surface area contributed by atoms with E-state index in [0.29, 0.717) is 17.0 Å². The topological polar surface area (TPSA) is 34.9 Å². The highest BCUT2D eigenvalue weighted by atomic mass is 35.5. The van der Waals surface area contributed by atoms with E-state index in [9.17, 15) is 4.79 Å². The van der Waals surface area contributed by atoms with Gasteiger partial charge >= 0.3 is 0 Å². The highest BCUT2D eigenvalue weighted by Gasteiger charge is 2.10. The van der Waals surface area contributed by atoms with Crippen LogP contribution in [-0.4, -0.2) is 15.8 Å². The second-order valence-corrected chi connectivity index (χ2v) is 5.15. The first-order valence-corrected chi connectivity index (χ1v) is 6.71. The zero-order valence-corrected chi connectivity index (χ0v) is 11.8. The van der Waals surface area contributed by atoms with Gasteiger partial charge in [0.2, 0.25) is 0 Å². The summed E-state index contributed by atoms with van der Waals surface area (Å²) in [6.07, 6.45) is 1.44. The Labute approximate surface area is 121 Å². The van der Waals surface area contributed by atoms with Crippen molar-refractivity contribution in [2.75, 3.05) is 0 Å². The molecule has 1 heterocycles. The highest BCUT2D eigenvalue weighted by molar-refractivity contribution is 6.30. The summed E-state index contributed by atoms with van der Waals surface area (Å²) in [6, 6.07) is 13.4. The van der Waals surface area contributed by atoms with Gasteiger partial charge in [-0.15, -0.1) is 0 Å². The minimum atomic E-state index is 0.570. The molecule has 3 nitrogen and oxygen atoms in total. The highest BCUT2D eigenvalue weighted by Crippen LogP contribution is 2.20. The summed E-state index contributed by atoms with van der Waals surface area (Å²) < 4.78 is 2.05. The van der Waals surface area contributed by atoms with Crippen molar-refractivity contribution in [3.05, 3.63) is 64.4 Å². The van der Waals surface area contributed by atoms with Crippen LogP contribution in [0.2, 0.25) is 5.02 Å². The third-order valence-corrected chi connectivity index (χ3v) is 3.70. The van der Waals surface area contributed by atoms with Crippen molar-refractivity contribution in [1.82, 2.24) is 9.55 Å². The van der Waals surface area contributed by atoms with Crippen molar-refractivity contribution >= 4 is 28.9 Å². The van der Waals surface area contributed by atoms with Gasteiger partial charge in [-0.3, -0.25) is 4.79 Å². The quantitative estimate of drug-likeness (QED) is 0.689. The SMILES string of the molecule is Cn1c(Cc2ccc(Cl)cc2C=O)nc2ccccc21. The summed E-state index contributed by atoms with van der Waals surface area (Å²) in [6.45, 7) is 0. The minimum Gasteiger partial charge on any atom is -0.331 e. The van der Waals surface area contributed by atoms with Gasteiger partial charge < -0.3 is 4.57 Å². The third kappa shape index (κ3) is 2.21. The van der Waals surface area contributed by atoms with E-state index in [0.717, 1.165) is 28.7 Å². The number of rotatable bonds is 3. The predicted octanol–water partition coefficient (Wildman–Crippen LogP) is 3.63. The maximum absolute atomic E-state index is 11.1. The second-order valence-electron chi connectivity index (χ2n) is 4.71. The third-order valence-electron chi connectivity index (χ3n) is 3.46. The Morgan fingerprint density at radius 3 is 2.80 bits per heavy atom. The van der Waals surface area contributed by atoms with E-state index >= 15 is 0 Å². The van der Waals surface area contributed by atoms with Crippen molar-refractivity contribution in [2.45, 2.75) is 6.42 Å². The summed E-state index contributed by atoms with van der Waals surface area (Å²) in [5, 5.41) is 0.570. The molecule has 0 unspecified atom stereocenters. The zero-order chi connectivity index (χ0) is 14.1. The summed E-state index contributed by atoms with van der Waals surface area (Å²) >= 11 is 5.91. The first-order valence-electron chi connectivity index (χ1n) is 6.33. The predicted molar refractivity (Wildman–Crippen MR) is 80.4 cm³/mol. The van der Waals surface area contributed by atoms with Crippen LogP contribution in [0.4, 0.5) is 0 Å². The molecular formula is C16H13ClN2O. The number of aldehydes is 1. The van der Waals surface area contributed by atoms with Gasteiger partial charge in [0.25, 0.3) is 0 Å². The van der Waals surface area contributed by atoms with E-state index in [1.54, 1.807) is 12.1 Å². The van der Waals surface area contributed by atoms with Gasteiger partial charge in [-0.05, 0) is 29.8 Å². The van der Waals surface area contributed by atoms with Gasteiger partial charge in [0.05, 0.1) is 11.0 Å². The molecule has 0 saturated heterocycles. The average Bonchev–Trinajstić information content (AvgIpc) is 2.78. The van der Waals surface area contributed by atoms with Gasteiger partial charge in [-0.2, -0.15) is 0 Å². The molecule has 0 amide bonds. The molecule has 0 atom stereocenters. The first-order chi connectivity index (χ1) is 9.69. The van der Waals surface area contributed by atoms with E-state index in [4.69, 9.17) is 11.6 Å². The lowest BCUT2D eigenvalue weighted by molar-refractivity contribution is 0.112. The Kier molecular flexibility index (Phi) is 3.28. The lowest BCUT2D eigenvalue weighted by atomic mass is 10.1. The lowest BCUT2D eigenvalue weighted by Crippen LogP contribution is -2.01. The fourth-order valence-corrected chi connectivity index (χ4v) is 2.54. The maximum Gasteiger partial charge on any atom is 0.150 e. The van der Waals surface area contributed by atoms with E-state index in [1.165, 1.54) is 0 Å². The molecule has 2 aromatic carbocycles. The summed E-state index contributed by atoms with van der Waals surface area (Å²) in [5.74, 6) is 0.927. The van der Waals surface area contributed by atoms with Crippen LogP contribution >= 0.6 is 11.6 Å². The number of carbonyl (C=O) groups excluding carboxylic acids is 1. The average molecular weight is 285 g/mol. The Bertz CT molecular complexity index is 792. The zero-order valence-electron chi connectivity index (χ0n) is 11.0. The van der Waals surface area contributed by atoms with Gasteiger partial charge in [-0.1, -0.05) is 29.8 Å². The molecule has 4 heteroatoms. The van der Waals surface area contributed by atoms with Crippen LogP contribution < -0.4 is 0 Å². The van der Waals surface area contributed by atoms with Crippen LogP contribution in [0.1, 0.15) is 21.7 Å². The smallest absolute Gasteiger partial charge is 0.150 e. The molecule has 0 fully saturated rings. The van der Waals surface area contributed by atoms with Crippen LogP contribution in [0, 0.1) is 0 Å². The van der Waals surface area contributed by atoms with Crippen molar-refractivity contribution in [2.24, 2.45) is 7.05 Å². The Morgan fingerprint density at radius 1 is 1.25 bits per heavy atom. The number of benzene rings is 2. The molecule has 0 aliphatic heterocycles. The molecule has 0 bridgehead atoms. The summed E-state index contributed by atoms with van der Waals surface area (Å²) in [5.41, 5.74) is 3.60. The monoisotopic (exact) mass is 284 g/mol. The molecule has 0 aliphatic rings. The van der Waals surface area contributed by atoms with Crippen molar-refractivity contribution in [1.29, 1.82) is 0 Å². The minimum absolute atomic E-state index is 0.570. The van der Waals surface area contributed by atoms with Crippen LogP contribution in [0.5, 0.6) is 0 Å². The number of nitrogens with zero attached hydrogens (tertiary/aromatic N) is 2. The molecule has 0 N–H and O–H groups in total. The van der Waals surface area contributed by atoms with Crippen molar-refractivity contribution in [3.8, 4) is 0 Å². The van der Waals surface area contributed by atoms with Gasteiger partial charge in [0.1, 0.15) is 12.1 Å². The van der Waals surface area contributed by atoms with E-state index in [-0.39, 0.29) is 0 Å². The van der Waals surface area contributed by atoms with Crippen LogP contribution in [0.3, 0.4) is 0 Å². The largest absolute Gasteiger partial charge is 0.331 e. The number of imidazole rings is 1. The normalized spacial score (nSPS) is 10.9. The maximum atomic E-state index is 11.1. The van der Waals surface area contributed by atoms with E-state index < -0.39 is 0 Å². The standard InChI is InChI=1S/C16H13ClN2O/c1-19-15-5-3-2-4-14(15)18-16(19)9-11-6-7-13(17)8-12(11)10-20/h2-8,10H,9H2,1H3. The fourth-order valence-electron chi connectivity index (χ4n) is 2.36. The van der Waals surface area contributed by atoms with Crippen molar-refractivity contribution in [3.63, 3.8) is 0 Å². The molecule has 0 saturated carbocycles. The molecule has 0 aliphatic carbocycles. The molecule has 20 heavy (non-hydrogen) atoms. The summed E-state index contributed by atoms with van der Waals surface area (Å²) in [4.78, 5) is 15.8. The Morgan fingerprint density at radius 2 is 2.05 bits per heavy atom. The fraction of sp³-hybridized carbons (Fsp3) is 0.125. The molecule has 3 rings (SSSR count). The first kappa shape index (κ1) is 12.9. The molecule has 0 radical (unpaired) electrons. The number of aromatic nitrogens is 2. The van der Waals surface area contributed by atoms with E-state index in [2.05, 4.69) is 9.55 Å². The number of hydrogen-bond acceptors (Lipinski definition) is 2. The Balaban J connectivity index is 2.05. The van der Waals surface area contributed by atoms with Crippen LogP contribution in [0.15, 0.2) is 42.5 Å². The van der Waals surface area contributed by atoms with Gasteiger partial charge in [-0.25, -0.2) is 4.98 Å². The van der Waals surface area contributed by atoms with Gasteiger partial charge in [0.15, 0.2) is 0 Å². The molecule has 3 aromatic rings. The molecule has 100 valence electrons. The molecule has 0 spiro atoms. The second kappa shape index (κ2) is 5.10. The molecule has 1 aromatic heterocycles. The summed E-state index contributed by atoms with van der Waals surface area (Å²) in [7, 11) is 1.99. The number of fused-ring (bicyclic) bond motifs is 1. The van der Waals surface area contributed by atoms with Crippen LogP contribution in [0.25, 0.3) is 11.0 Å². The van der Waals surface area contributed by atoms with Gasteiger partial charge in [0, 0.05) is 24.1 Å². The van der Waals surface area contributed by atoms with Crippen LogP contribution in [-0.2, 0) is 13.5 Å².